The first-order valence-electron chi connectivity index (χ1n) is 5.69. The number of H-pyrrole nitrogens is 1. The van der Waals surface area contributed by atoms with Gasteiger partial charge in [0.15, 0.2) is 5.12 Å². The molecule has 0 aromatic carbocycles. The third-order valence-corrected chi connectivity index (χ3v) is 3.37. The van der Waals surface area contributed by atoms with E-state index in [-0.39, 0.29) is 17.1 Å². The highest BCUT2D eigenvalue weighted by Gasteiger charge is 2.22. The molecular formula is C11H14N2O6S. The number of carbonyl (C=O) groups is 1. The van der Waals surface area contributed by atoms with Gasteiger partial charge in [0.05, 0.1) is 11.0 Å². The van der Waals surface area contributed by atoms with Crippen molar-refractivity contribution in [1.82, 2.24) is 4.98 Å². The topological polar surface area (TPSA) is 134 Å². The molecule has 2 atom stereocenters. The monoisotopic (exact) mass is 302 g/mol. The van der Waals surface area contributed by atoms with Gasteiger partial charge in [0.1, 0.15) is 6.10 Å². The van der Waals surface area contributed by atoms with Gasteiger partial charge >= 0.3 is 11.2 Å². The zero-order valence-electron chi connectivity index (χ0n) is 10.6. The second kappa shape index (κ2) is 7.17. The van der Waals surface area contributed by atoms with Crippen LogP contribution < -0.4 is 5.56 Å². The van der Waals surface area contributed by atoms with Crippen LogP contribution in [0.3, 0.4) is 0 Å². The number of nitrogens with zero attached hydrogens (tertiary/aromatic N) is 1. The van der Waals surface area contributed by atoms with E-state index in [4.69, 9.17) is 0 Å². The quantitative estimate of drug-likeness (QED) is 0.509. The van der Waals surface area contributed by atoms with Gasteiger partial charge in [0, 0.05) is 30.5 Å². The summed E-state index contributed by atoms with van der Waals surface area (Å²) in [7, 11) is 0. The number of nitro groups is 1. The molecule has 0 saturated carbocycles. The molecule has 0 aliphatic rings. The molecule has 20 heavy (non-hydrogen) atoms. The molecule has 0 fully saturated rings. The molecule has 0 radical (unpaired) electrons. The Morgan fingerprint density at radius 1 is 1.55 bits per heavy atom. The van der Waals surface area contributed by atoms with Gasteiger partial charge in [0.2, 0.25) is 0 Å². The molecule has 8 nitrogen and oxygen atoms in total. The molecule has 0 spiro atoms. The van der Waals surface area contributed by atoms with Gasteiger partial charge in [-0.1, -0.05) is 11.8 Å². The summed E-state index contributed by atoms with van der Waals surface area (Å²) in [6.45, 7) is 1.39. The molecule has 2 unspecified atom stereocenters. The molecule has 1 rings (SSSR count). The Bertz CT molecular complexity index is 558. The van der Waals surface area contributed by atoms with Crippen LogP contribution in [0.2, 0.25) is 0 Å². The van der Waals surface area contributed by atoms with Crippen LogP contribution in [0.1, 0.15) is 25.0 Å². The first kappa shape index (κ1) is 16.3. The van der Waals surface area contributed by atoms with Crippen molar-refractivity contribution in [3.63, 3.8) is 0 Å². The van der Waals surface area contributed by atoms with E-state index in [2.05, 4.69) is 4.98 Å². The lowest BCUT2D eigenvalue weighted by Crippen LogP contribution is -2.21. The van der Waals surface area contributed by atoms with E-state index in [0.29, 0.717) is 5.75 Å². The first-order valence-corrected chi connectivity index (χ1v) is 6.68. The Kier molecular flexibility index (Phi) is 5.86. The van der Waals surface area contributed by atoms with Crippen LogP contribution in [0.4, 0.5) is 5.69 Å². The lowest BCUT2D eigenvalue weighted by molar-refractivity contribution is -0.386. The van der Waals surface area contributed by atoms with Gasteiger partial charge in [-0.05, 0) is 6.42 Å². The van der Waals surface area contributed by atoms with Gasteiger partial charge in [-0.25, -0.2) is 0 Å². The van der Waals surface area contributed by atoms with Crippen molar-refractivity contribution in [2.45, 2.75) is 25.6 Å². The molecule has 0 aliphatic carbocycles. The van der Waals surface area contributed by atoms with E-state index in [1.165, 1.54) is 6.92 Å². The summed E-state index contributed by atoms with van der Waals surface area (Å²) in [5, 5.41) is 30.1. The smallest absolute Gasteiger partial charge is 0.334 e. The molecular weight excluding hydrogens is 288 g/mol. The van der Waals surface area contributed by atoms with Crippen molar-refractivity contribution in [2.24, 2.45) is 0 Å². The minimum atomic E-state index is -1.38. The summed E-state index contributed by atoms with van der Waals surface area (Å²) in [6.07, 6.45) is -1.31. The lowest BCUT2D eigenvalue weighted by atomic mass is 10.0. The zero-order chi connectivity index (χ0) is 15.3. The third kappa shape index (κ3) is 4.44. The second-order valence-corrected chi connectivity index (χ2v) is 5.32. The average Bonchev–Trinajstić information content (AvgIpc) is 2.37. The maximum absolute atomic E-state index is 11.2. The van der Waals surface area contributed by atoms with Gasteiger partial charge in [-0.15, -0.1) is 0 Å². The van der Waals surface area contributed by atoms with Crippen LogP contribution >= 0.6 is 11.8 Å². The standard InChI is InChI=1S/C11H14N2O6S/c1-6(14)20-3-2-9(15)10(16)7-4-8(13(18)19)11(17)12-5-7/h4-5,9-10,15-16H,2-3H2,1H3,(H,12,17). The Balaban J connectivity index is 2.78. The largest absolute Gasteiger partial charge is 0.390 e. The number of pyridine rings is 1. The molecule has 3 N–H and O–H groups in total. The average molecular weight is 302 g/mol. The van der Waals surface area contributed by atoms with Gasteiger partial charge in [0.25, 0.3) is 0 Å². The minimum absolute atomic E-state index is 0.0385. The number of aromatic amines is 1. The first-order chi connectivity index (χ1) is 9.32. The summed E-state index contributed by atoms with van der Waals surface area (Å²) < 4.78 is 0. The molecule has 0 saturated heterocycles. The molecule has 1 aromatic heterocycles. The van der Waals surface area contributed by atoms with Crippen LogP contribution in [-0.4, -0.2) is 37.1 Å². The van der Waals surface area contributed by atoms with Crippen molar-refractivity contribution in [2.75, 3.05) is 5.75 Å². The summed E-state index contributed by atoms with van der Waals surface area (Å²) in [6, 6.07) is 0.921. The number of thioether (sulfide) groups is 1. The Labute approximate surface area is 118 Å². The number of rotatable bonds is 6. The van der Waals surface area contributed by atoms with Gasteiger partial charge in [-0.3, -0.25) is 19.7 Å². The highest BCUT2D eigenvalue weighted by molar-refractivity contribution is 8.13. The molecule has 0 amide bonds. The zero-order valence-corrected chi connectivity index (χ0v) is 11.4. The lowest BCUT2D eigenvalue weighted by Gasteiger charge is -2.17. The van der Waals surface area contributed by atoms with Crippen LogP contribution in [0.25, 0.3) is 0 Å². The van der Waals surface area contributed by atoms with E-state index in [0.717, 1.165) is 24.0 Å². The highest BCUT2D eigenvalue weighted by Crippen LogP contribution is 2.21. The molecule has 0 bridgehead atoms. The molecule has 0 aliphatic heterocycles. The Morgan fingerprint density at radius 2 is 2.20 bits per heavy atom. The number of aromatic nitrogens is 1. The van der Waals surface area contributed by atoms with E-state index < -0.39 is 28.4 Å². The Hall–Kier alpha value is -1.71. The number of hydrogen-bond acceptors (Lipinski definition) is 7. The number of carbonyl (C=O) groups excluding carboxylic acids is 1. The maximum atomic E-state index is 11.2. The van der Waals surface area contributed by atoms with Gasteiger partial charge < -0.3 is 15.2 Å². The predicted molar refractivity (Wildman–Crippen MR) is 72.4 cm³/mol. The van der Waals surface area contributed by atoms with E-state index >= 15 is 0 Å². The minimum Gasteiger partial charge on any atom is -0.390 e. The van der Waals surface area contributed by atoms with Crippen molar-refractivity contribution in [1.29, 1.82) is 0 Å². The second-order valence-electron chi connectivity index (χ2n) is 4.05. The number of aliphatic hydroxyl groups excluding tert-OH is 2. The van der Waals surface area contributed by atoms with E-state index in [9.17, 15) is 29.9 Å². The fourth-order valence-electron chi connectivity index (χ4n) is 1.50. The summed E-state index contributed by atoms with van der Waals surface area (Å²) in [5.74, 6) is 0.318. The van der Waals surface area contributed by atoms with E-state index in [1.807, 2.05) is 0 Å². The molecule has 110 valence electrons. The highest BCUT2D eigenvalue weighted by atomic mass is 32.2. The van der Waals surface area contributed by atoms with Crippen LogP contribution in [-0.2, 0) is 4.79 Å². The van der Waals surface area contributed by atoms with Crippen molar-refractivity contribution in [3.05, 3.63) is 38.3 Å². The summed E-state index contributed by atoms with van der Waals surface area (Å²) >= 11 is 1.01. The number of nitrogens with one attached hydrogen (secondary N) is 1. The number of hydrogen-bond donors (Lipinski definition) is 3. The van der Waals surface area contributed by atoms with Gasteiger partial charge in [-0.2, -0.15) is 0 Å². The fourth-order valence-corrected chi connectivity index (χ4v) is 2.14. The Morgan fingerprint density at radius 3 is 2.75 bits per heavy atom. The molecule has 1 aromatic rings. The van der Waals surface area contributed by atoms with Crippen LogP contribution in [0.15, 0.2) is 17.1 Å². The van der Waals surface area contributed by atoms with E-state index in [1.54, 1.807) is 0 Å². The predicted octanol–water partition coefficient (Wildman–Crippen LogP) is 0.347. The SMILES string of the molecule is CC(=O)SCCC(O)C(O)c1c[nH]c(=O)c([N+](=O)[O-])c1. The van der Waals surface area contributed by atoms with Crippen molar-refractivity contribution in [3.8, 4) is 0 Å². The maximum Gasteiger partial charge on any atom is 0.334 e. The van der Waals surface area contributed by atoms with Crippen LogP contribution in [0.5, 0.6) is 0 Å². The summed E-state index contributed by atoms with van der Waals surface area (Å²) in [4.78, 5) is 33.8. The molecule has 1 heterocycles. The van der Waals surface area contributed by atoms with Crippen molar-refractivity contribution < 1.29 is 19.9 Å². The third-order valence-electron chi connectivity index (χ3n) is 2.53. The number of aliphatic hydroxyl groups is 2. The van der Waals surface area contributed by atoms with Crippen molar-refractivity contribution >= 4 is 22.6 Å². The summed E-state index contributed by atoms with van der Waals surface area (Å²) in [5.41, 5.74) is -1.55. The fraction of sp³-hybridized carbons (Fsp3) is 0.455. The van der Waals surface area contributed by atoms with Crippen LogP contribution in [0, 0.1) is 10.1 Å². The normalized spacial score (nSPS) is 13.8. The molecule has 9 heteroatoms.